The molecule has 122 valence electrons. The van der Waals surface area contributed by atoms with Gasteiger partial charge in [0.05, 0.1) is 11.7 Å². The molecule has 1 aromatic rings. The number of hydrogen-bond donors (Lipinski definition) is 2. The van der Waals surface area contributed by atoms with Crippen LogP contribution in [0.3, 0.4) is 0 Å². The van der Waals surface area contributed by atoms with Gasteiger partial charge in [-0.05, 0) is 49.9 Å². The molecule has 1 aromatic carbocycles. The highest BCUT2D eigenvalue weighted by Crippen LogP contribution is 2.30. The summed E-state index contributed by atoms with van der Waals surface area (Å²) in [6, 6.07) is 4.22. The Morgan fingerprint density at radius 2 is 1.77 bits per heavy atom. The van der Waals surface area contributed by atoms with Crippen molar-refractivity contribution in [1.29, 1.82) is 0 Å². The Morgan fingerprint density at radius 3 is 2.32 bits per heavy atom. The summed E-state index contributed by atoms with van der Waals surface area (Å²) in [7, 11) is 0. The van der Waals surface area contributed by atoms with Crippen LogP contribution < -0.4 is 10.1 Å². The Morgan fingerprint density at radius 1 is 1.18 bits per heavy atom. The highest BCUT2D eigenvalue weighted by Gasteiger charge is 2.30. The third kappa shape index (κ3) is 4.91. The van der Waals surface area contributed by atoms with E-state index in [9.17, 15) is 23.1 Å². The van der Waals surface area contributed by atoms with E-state index in [-0.39, 0.29) is 30.4 Å². The Balaban J connectivity index is 1.76. The van der Waals surface area contributed by atoms with Crippen LogP contribution in [0.4, 0.5) is 13.2 Å². The van der Waals surface area contributed by atoms with Gasteiger partial charge in [0.1, 0.15) is 5.75 Å². The van der Waals surface area contributed by atoms with Gasteiger partial charge < -0.3 is 15.2 Å². The van der Waals surface area contributed by atoms with E-state index >= 15 is 0 Å². The van der Waals surface area contributed by atoms with Crippen molar-refractivity contribution in [2.24, 2.45) is 0 Å². The van der Waals surface area contributed by atoms with Gasteiger partial charge in [-0.1, -0.05) is 0 Å². The first kappa shape index (κ1) is 16.6. The van der Waals surface area contributed by atoms with E-state index in [1.54, 1.807) is 0 Å². The maximum atomic E-state index is 12.4. The molecule has 0 bridgehead atoms. The van der Waals surface area contributed by atoms with Crippen LogP contribution in [0.15, 0.2) is 24.3 Å². The number of hydrogen-bond acceptors (Lipinski definition) is 3. The smallest absolute Gasteiger partial charge is 0.416 e. The SMILES string of the molecule is O=C(COc1ccc(C(F)(F)F)cc1)NC1CCC(O)CC1. The Labute approximate surface area is 126 Å². The minimum absolute atomic E-state index is 0.0205. The highest BCUT2D eigenvalue weighted by atomic mass is 19.4. The fourth-order valence-corrected chi connectivity index (χ4v) is 2.38. The second-order valence-corrected chi connectivity index (χ2v) is 5.38. The van der Waals surface area contributed by atoms with Crippen LogP contribution >= 0.6 is 0 Å². The lowest BCUT2D eigenvalue weighted by molar-refractivity contribution is -0.137. The molecule has 1 saturated carbocycles. The molecule has 0 aliphatic heterocycles. The second kappa shape index (κ2) is 7.00. The number of aliphatic hydroxyl groups is 1. The Kier molecular flexibility index (Phi) is 5.28. The molecule has 0 heterocycles. The van der Waals surface area contributed by atoms with E-state index in [1.165, 1.54) is 12.1 Å². The molecule has 0 aromatic heterocycles. The van der Waals surface area contributed by atoms with Crippen molar-refractivity contribution in [2.75, 3.05) is 6.61 Å². The van der Waals surface area contributed by atoms with Crippen molar-refractivity contribution in [3.05, 3.63) is 29.8 Å². The first-order valence-corrected chi connectivity index (χ1v) is 7.12. The summed E-state index contributed by atoms with van der Waals surface area (Å²) >= 11 is 0. The number of ether oxygens (including phenoxy) is 1. The number of carbonyl (C=O) groups is 1. The van der Waals surface area contributed by atoms with Gasteiger partial charge in [0, 0.05) is 6.04 Å². The van der Waals surface area contributed by atoms with Crippen molar-refractivity contribution < 1.29 is 27.8 Å². The maximum absolute atomic E-state index is 12.4. The highest BCUT2D eigenvalue weighted by molar-refractivity contribution is 5.77. The van der Waals surface area contributed by atoms with Crippen LogP contribution in [0.2, 0.25) is 0 Å². The monoisotopic (exact) mass is 317 g/mol. The van der Waals surface area contributed by atoms with Crippen LogP contribution in [0.1, 0.15) is 31.2 Å². The molecule has 22 heavy (non-hydrogen) atoms. The van der Waals surface area contributed by atoms with Gasteiger partial charge in [-0.25, -0.2) is 0 Å². The summed E-state index contributed by atoms with van der Waals surface area (Å²) in [5.41, 5.74) is -0.759. The van der Waals surface area contributed by atoms with Gasteiger partial charge in [-0.15, -0.1) is 0 Å². The fraction of sp³-hybridized carbons (Fsp3) is 0.533. The fourth-order valence-electron chi connectivity index (χ4n) is 2.38. The third-order valence-electron chi connectivity index (χ3n) is 3.61. The largest absolute Gasteiger partial charge is 0.484 e. The lowest BCUT2D eigenvalue weighted by atomic mass is 9.93. The number of alkyl halides is 3. The van der Waals surface area contributed by atoms with E-state index in [1.807, 2.05) is 0 Å². The molecule has 1 aliphatic carbocycles. The maximum Gasteiger partial charge on any atom is 0.416 e. The molecule has 2 rings (SSSR count). The molecule has 0 spiro atoms. The first-order valence-electron chi connectivity index (χ1n) is 7.12. The topological polar surface area (TPSA) is 58.6 Å². The Hall–Kier alpha value is -1.76. The molecular formula is C15H18F3NO3. The summed E-state index contributed by atoms with van der Waals surface area (Å²) in [6.45, 7) is -0.246. The van der Waals surface area contributed by atoms with E-state index < -0.39 is 11.7 Å². The quantitative estimate of drug-likeness (QED) is 0.897. The van der Waals surface area contributed by atoms with Crippen molar-refractivity contribution in [3.63, 3.8) is 0 Å². The number of benzene rings is 1. The predicted molar refractivity (Wildman–Crippen MR) is 73.3 cm³/mol. The Bertz CT molecular complexity index is 494. The van der Waals surface area contributed by atoms with Gasteiger partial charge >= 0.3 is 6.18 Å². The molecule has 1 fully saturated rings. The minimum Gasteiger partial charge on any atom is -0.484 e. The van der Waals surface area contributed by atoms with Crippen LogP contribution in [-0.4, -0.2) is 29.8 Å². The van der Waals surface area contributed by atoms with Gasteiger partial charge in [-0.2, -0.15) is 13.2 Å². The van der Waals surface area contributed by atoms with Crippen molar-refractivity contribution >= 4 is 5.91 Å². The summed E-state index contributed by atoms with van der Waals surface area (Å²) < 4.78 is 42.4. The van der Waals surface area contributed by atoms with Crippen LogP contribution in [0.25, 0.3) is 0 Å². The average molecular weight is 317 g/mol. The zero-order valence-electron chi connectivity index (χ0n) is 11.9. The van der Waals surface area contributed by atoms with Gasteiger partial charge in [0.25, 0.3) is 5.91 Å². The number of rotatable bonds is 4. The van der Waals surface area contributed by atoms with E-state index in [4.69, 9.17) is 4.74 Å². The number of nitrogens with one attached hydrogen (secondary N) is 1. The predicted octanol–water partition coefficient (Wildman–Crippen LogP) is 2.50. The summed E-state index contributed by atoms with van der Waals surface area (Å²) in [4.78, 5) is 11.7. The number of aliphatic hydroxyl groups excluding tert-OH is 1. The van der Waals surface area contributed by atoms with Crippen molar-refractivity contribution in [2.45, 2.75) is 44.0 Å². The molecule has 1 aliphatic rings. The average Bonchev–Trinajstić information content (AvgIpc) is 2.47. The third-order valence-corrected chi connectivity index (χ3v) is 3.61. The lowest BCUT2D eigenvalue weighted by Gasteiger charge is -2.26. The van der Waals surface area contributed by atoms with Crippen LogP contribution in [0.5, 0.6) is 5.75 Å². The zero-order valence-corrected chi connectivity index (χ0v) is 11.9. The van der Waals surface area contributed by atoms with Gasteiger partial charge in [0.15, 0.2) is 6.61 Å². The normalized spacial score (nSPS) is 22.2. The molecule has 7 heteroatoms. The lowest BCUT2D eigenvalue weighted by Crippen LogP contribution is -2.40. The number of amides is 1. The summed E-state index contributed by atoms with van der Waals surface area (Å²) in [5, 5.41) is 12.2. The molecule has 4 nitrogen and oxygen atoms in total. The standard InChI is InChI=1S/C15H18F3NO3/c16-15(17,18)10-1-7-13(8-2-10)22-9-14(21)19-11-3-5-12(20)6-4-11/h1-2,7-8,11-12,20H,3-6,9H2,(H,19,21). The van der Waals surface area contributed by atoms with Crippen molar-refractivity contribution in [3.8, 4) is 5.75 Å². The number of halogens is 3. The van der Waals surface area contributed by atoms with Crippen molar-refractivity contribution in [1.82, 2.24) is 5.32 Å². The molecule has 1 amide bonds. The molecular weight excluding hydrogens is 299 g/mol. The molecule has 0 unspecified atom stereocenters. The van der Waals surface area contributed by atoms with E-state index in [2.05, 4.69) is 5.32 Å². The molecule has 0 atom stereocenters. The van der Waals surface area contributed by atoms with Crippen LogP contribution in [-0.2, 0) is 11.0 Å². The zero-order chi connectivity index (χ0) is 16.2. The van der Waals surface area contributed by atoms with Crippen LogP contribution in [0, 0.1) is 0 Å². The summed E-state index contributed by atoms with van der Waals surface area (Å²) in [6.07, 6.45) is -1.94. The number of carbonyl (C=O) groups excluding carboxylic acids is 1. The van der Waals surface area contributed by atoms with Gasteiger partial charge in [-0.3, -0.25) is 4.79 Å². The van der Waals surface area contributed by atoms with E-state index in [0.717, 1.165) is 12.1 Å². The first-order chi connectivity index (χ1) is 10.3. The second-order valence-electron chi connectivity index (χ2n) is 5.38. The summed E-state index contributed by atoms with van der Waals surface area (Å²) in [5.74, 6) is -0.108. The molecule has 2 N–H and O–H groups in total. The molecule has 0 radical (unpaired) electrons. The molecule has 0 saturated heterocycles. The van der Waals surface area contributed by atoms with E-state index in [0.29, 0.717) is 25.7 Å². The minimum atomic E-state index is -4.39. The van der Waals surface area contributed by atoms with Gasteiger partial charge in [0.2, 0.25) is 0 Å².